The van der Waals surface area contributed by atoms with Gasteiger partial charge >= 0.3 is 0 Å². The second-order valence-electron chi connectivity index (χ2n) is 7.26. The lowest BCUT2D eigenvalue weighted by molar-refractivity contribution is -0.118. The zero-order valence-electron chi connectivity index (χ0n) is 14.6. The summed E-state index contributed by atoms with van der Waals surface area (Å²) < 4.78 is 19.1. The van der Waals surface area contributed by atoms with E-state index in [0.29, 0.717) is 26.2 Å². The molecule has 0 radical (unpaired) electrons. The fourth-order valence-corrected chi connectivity index (χ4v) is 3.92. The zero-order chi connectivity index (χ0) is 18.0. The van der Waals surface area contributed by atoms with Gasteiger partial charge in [-0.3, -0.25) is 14.7 Å². The highest BCUT2D eigenvalue weighted by molar-refractivity contribution is 5.96. The van der Waals surface area contributed by atoms with E-state index in [-0.39, 0.29) is 17.1 Å². The van der Waals surface area contributed by atoms with E-state index in [0.717, 1.165) is 30.9 Å². The molecule has 4 rings (SSSR count). The van der Waals surface area contributed by atoms with E-state index in [1.54, 1.807) is 23.2 Å². The van der Waals surface area contributed by atoms with Crippen LogP contribution in [0.2, 0.25) is 0 Å². The lowest BCUT2D eigenvalue weighted by atomic mass is 9.87. The van der Waals surface area contributed by atoms with E-state index in [1.165, 1.54) is 12.1 Å². The van der Waals surface area contributed by atoms with Gasteiger partial charge in [-0.05, 0) is 35.9 Å². The molecule has 0 bridgehead atoms. The summed E-state index contributed by atoms with van der Waals surface area (Å²) in [7, 11) is 0. The van der Waals surface area contributed by atoms with E-state index < -0.39 is 0 Å². The van der Waals surface area contributed by atoms with E-state index >= 15 is 0 Å². The van der Waals surface area contributed by atoms with Crippen LogP contribution in [-0.2, 0) is 16.1 Å². The lowest BCUT2D eigenvalue weighted by Gasteiger charge is -2.31. The van der Waals surface area contributed by atoms with Crippen molar-refractivity contribution in [2.75, 3.05) is 37.7 Å². The van der Waals surface area contributed by atoms with Crippen molar-refractivity contribution in [1.29, 1.82) is 0 Å². The number of anilines is 1. The first kappa shape index (κ1) is 17.1. The molecular formula is C20H22FN3O2. The van der Waals surface area contributed by atoms with Crippen molar-refractivity contribution in [3.05, 3.63) is 60.2 Å². The molecule has 1 unspecified atom stereocenters. The molecule has 1 amide bonds. The number of rotatable bonds is 3. The number of hydrogen-bond donors (Lipinski definition) is 0. The number of amides is 1. The van der Waals surface area contributed by atoms with Crippen molar-refractivity contribution in [2.24, 2.45) is 5.41 Å². The maximum atomic E-state index is 13.2. The zero-order valence-corrected chi connectivity index (χ0v) is 14.6. The fourth-order valence-electron chi connectivity index (χ4n) is 3.92. The highest BCUT2D eigenvalue weighted by Gasteiger charge is 2.45. The van der Waals surface area contributed by atoms with Crippen LogP contribution in [0.1, 0.15) is 12.0 Å². The molecule has 2 aliphatic heterocycles. The number of halogens is 1. The topological polar surface area (TPSA) is 45.7 Å². The first-order valence-electron chi connectivity index (χ1n) is 8.89. The predicted octanol–water partition coefficient (Wildman–Crippen LogP) is 2.48. The number of nitrogens with zero attached hydrogens (tertiary/aromatic N) is 3. The second-order valence-corrected chi connectivity index (χ2v) is 7.26. The molecule has 1 spiro atoms. The first-order chi connectivity index (χ1) is 12.6. The van der Waals surface area contributed by atoms with Crippen LogP contribution in [0.25, 0.3) is 0 Å². The summed E-state index contributed by atoms with van der Waals surface area (Å²) in [5, 5.41) is 0. The number of aromatic nitrogens is 1. The highest BCUT2D eigenvalue weighted by Crippen LogP contribution is 2.37. The highest BCUT2D eigenvalue weighted by atomic mass is 19.1. The average molecular weight is 355 g/mol. The molecule has 0 saturated carbocycles. The van der Waals surface area contributed by atoms with E-state index in [9.17, 15) is 9.18 Å². The molecule has 0 N–H and O–H groups in total. The fraction of sp³-hybridized carbons (Fsp3) is 0.400. The van der Waals surface area contributed by atoms with Crippen LogP contribution in [0.5, 0.6) is 0 Å². The molecule has 1 atom stereocenters. The number of hydrogen-bond acceptors (Lipinski definition) is 4. The normalized spacial score (nSPS) is 24.2. The van der Waals surface area contributed by atoms with Crippen molar-refractivity contribution in [2.45, 2.75) is 13.0 Å². The van der Waals surface area contributed by atoms with Crippen LogP contribution in [0, 0.1) is 11.2 Å². The molecule has 26 heavy (non-hydrogen) atoms. The van der Waals surface area contributed by atoms with E-state index in [1.807, 2.05) is 12.3 Å². The summed E-state index contributed by atoms with van der Waals surface area (Å²) in [6.45, 7) is 4.25. The maximum Gasteiger partial charge on any atom is 0.227 e. The third-order valence-electron chi connectivity index (χ3n) is 5.11. The Morgan fingerprint density at radius 2 is 2.04 bits per heavy atom. The largest absolute Gasteiger partial charge is 0.379 e. The minimum absolute atomic E-state index is 0.0726. The molecule has 2 aliphatic rings. The molecule has 2 fully saturated rings. The van der Waals surface area contributed by atoms with Gasteiger partial charge in [-0.15, -0.1) is 0 Å². The Morgan fingerprint density at radius 1 is 1.19 bits per heavy atom. The Labute approximate surface area is 152 Å². The number of ether oxygens (including phenoxy) is 1. The predicted molar refractivity (Wildman–Crippen MR) is 96.1 cm³/mol. The number of pyridine rings is 1. The van der Waals surface area contributed by atoms with Gasteiger partial charge in [0.2, 0.25) is 5.91 Å². The summed E-state index contributed by atoms with van der Waals surface area (Å²) in [5.74, 6) is -0.223. The molecule has 2 aromatic rings. The third-order valence-corrected chi connectivity index (χ3v) is 5.11. The quantitative estimate of drug-likeness (QED) is 0.849. The van der Waals surface area contributed by atoms with E-state index in [2.05, 4.69) is 16.0 Å². The monoisotopic (exact) mass is 355 g/mol. The number of benzene rings is 1. The van der Waals surface area contributed by atoms with Gasteiger partial charge < -0.3 is 9.64 Å². The van der Waals surface area contributed by atoms with Gasteiger partial charge in [0.05, 0.1) is 13.2 Å². The lowest BCUT2D eigenvalue weighted by Crippen LogP contribution is -2.40. The van der Waals surface area contributed by atoms with Crippen LogP contribution in [0.3, 0.4) is 0 Å². The van der Waals surface area contributed by atoms with Crippen molar-refractivity contribution >= 4 is 11.6 Å². The number of carbonyl (C=O) groups excluding carboxylic acids is 1. The SMILES string of the molecule is O=C1CC2(COCCN(Cc3cccnc3)C2)CN1c1ccc(F)cc1. The van der Waals surface area contributed by atoms with Gasteiger partial charge in [0.15, 0.2) is 0 Å². The summed E-state index contributed by atoms with van der Waals surface area (Å²) in [6.07, 6.45) is 4.10. The Balaban J connectivity index is 1.51. The van der Waals surface area contributed by atoms with Gasteiger partial charge in [0, 0.05) is 56.1 Å². The van der Waals surface area contributed by atoms with Crippen LogP contribution in [0.15, 0.2) is 48.8 Å². The summed E-state index contributed by atoms with van der Waals surface area (Å²) >= 11 is 0. The van der Waals surface area contributed by atoms with Crippen molar-refractivity contribution in [1.82, 2.24) is 9.88 Å². The standard InChI is InChI=1S/C20H22FN3O2/c21-17-3-5-18(6-4-17)24-14-20(10-19(24)25)13-23(8-9-26-15-20)12-16-2-1-7-22-11-16/h1-7,11H,8-10,12-15H2. The molecule has 1 aromatic heterocycles. The van der Waals surface area contributed by atoms with Gasteiger partial charge in [-0.2, -0.15) is 0 Å². The summed E-state index contributed by atoms with van der Waals surface area (Å²) in [6, 6.07) is 10.1. The minimum Gasteiger partial charge on any atom is -0.379 e. The molecule has 3 heterocycles. The Hall–Kier alpha value is -2.31. The van der Waals surface area contributed by atoms with E-state index in [4.69, 9.17) is 4.74 Å². The van der Waals surface area contributed by atoms with Crippen molar-refractivity contribution in [3.8, 4) is 0 Å². The van der Waals surface area contributed by atoms with Crippen LogP contribution >= 0.6 is 0 Å². The van der Waals surface area contributed by atoms with Gasteiger partial charge in [0.25, 0.3) is 0 Å². The van der Waals surface area contributed by atoms with Crippen molar-refractivity contribution < 1.29 is 13.9 Å². The molecule has 1 aromatic carbocycles. The molecular weight excluding hydrogens is 333 g/mol. The molecule has 136 valence electrons. The smallest absolute Gasteiger partial charge is 0.227 e. The average Bonchev–Trinajstić information content (AvgIpc) is 2.83. The van der Waals surface area contributed by atoms with Gasteiger partial charge in [0.1, 0.15) is 5.82 Å². The van der Waals surface area contributed by atoms with Gasteiger partial charge in [-0.25, -0.2) is 4.39 Å². The second kappa shape index (κ2) is 7.13. The van der Waals surface area contributed by atoms with Gasteiger partial charge in [-0.1, -0.05) is 6.07 Å². The van der Waals surface area contributed by atoms with Crippen LogP contribution in [-0.4, -0.2) is 48.6 Å². The summed E-state index contributed by atoms with van der Waals surface area (Å²) in [5.41, 5.74) is 1.67. The first-order valence-corrected chi connectivity index (χ1v) is 8.89. The molecule has 0 aliphatic carbocycles. The number of carbonyl (C=O) groups is 1. The molecule has 6 heteroatoms. The Morgan fingerprint density at radius 3 is 2.81 bits per heavy atom. The Kier molecular flexibility index (Phi) is 4.70. The summed E-state index contributed by atoms with van der Waals surface area (Å²) in [4.78, 5) is 20.9. The molecule has 5 nitrogen and oxygen atoms in total. The van der Waals surface area contributed by atoms with Crippen LogP contribution < -0.4 is 4.90 Å². The van der Waals surface area contributed by atoms with Crippen LogP contribution in [0.4, 0.5) is 10.1 Å². The minimum atomic E-state index is -0.296. The van der Waals surface area contributed by atoms with Crippen molar-refractivity contribution in [3.63, 3.8) is 0 Å². The molecule has 2 saturated heterocycles. The Bertz CT molecular complexity index is 768. The maximum absolute atomic E-state index is 13.2. The third kappa shape index (κ3) is 3.61.